The van der Waals surface area contributed by atoms with E-state index >= 15 is 0 Å². The van der Waals surface area contributed by atoms with Crippen LogP contribution >= 0.6 is 11.6 Å². The van der Waals surface area contributed by atoms with Gasteiger partial charge in [0.15, 0.2) is 0 Å². The molecule has 1 aromatic heterocycles. The lowest BCUT2D eigenvalue weighted by Gasteiger charge is -2.28. The number of halogens is 1. The highest BCUT2D eigenvalue weighted by molar-refractivity contribution is 6.36. The Bertz CT molecular complexity index is 1760. The van der Waals surface area contributed by atoms with Gasteiger partial charge in [-0.1, -0.05) is 66.2 Å². The largest absolute Gasteiger partial charge is 0.395 e. The summed E-state index contributed by atoms with van der Waals surface area (Å²) in [4.78, 5) is 31.8. The second kappa shape index (κ2) is 14.1. The number of benzene rings is 3. The summed E-state index contributed by atoms with van der Waals surface area (Å²) in [5.74, 6) is -0.125. The van der Waals surface area contributed by atoms with Crippen LogP contribution in [0, 0.1) is 13.8 Å². The van der Waals surface area contributed by atoms with E-state index in [1.165, 1.54) is 5.56 Å². The van der Waals surface area contributed by atoms with E-state index in [2.05, 4.69) is 45.1 Å². The molecule has 0 aliphatic carbocycles. The number of fused-ring (bicyclic) bond motifs is 1. The van der Waals surface area contributed by atoms with Crippen molar-refractivity contribution in [1.82, 2.24) is 20.5 Å². The summed E-state index contributed by atoms with van der Waals surface area (Å²) in [7, 11) is 0. The topological polar surface area (TPSA) is 107 Å². The quantitative estimate of drug-likeness (QED) is 0.179. The molecule has 2 aliphatic rings. The number of aliphatic hydroxyl groups excluding tert-OH is 1. The van der Waals surface area contributed by atoms with Crippen LogP contribution in [0.3, 0.4) is 0 Å². The maximum atomic E-state index is 13.5. The summed E-state index contributed by atoms with van der Waals surface area (Å²) < 4.78 is 0. The molecule has 4 N–H and O–H groups in total. The Morgan fingerprint density at radius 2 is 1.80 bits per heavy atom. The van der Waals surface area contributed by atoms with Gasteiger partial charge in [-0.25, -0.2) is 4.98 Å². The molecule has 0 saturated carbocycles. The molecule has 1 atom stereocenters. The Morgan fingerprint density at radius 1 is 1.04 bits per heavy atom. The van der Waals surface area contributed by atoms with Gasteiger partial charge in [0.05, 0.1) is 17.3 Å². The van der Waals surface area contributed by atoms with Gasteiger partial charge in [0, 0.05) is 62.0 Å². The van der Waals surface area contributed by atoms with Crippen LogP contribution < -0.4 is 16.0 Å². The molecule has 9 heteroatoms. The first-order valence-corrected chi connectivity index (χ1v) is 16.3. The molecule has 1 fully saturated rings. The van der Waals surface area contributed by atoms with Crippen LogP contribution in [0.2, 0.25) is 5.02 Å². The summed E-state index contributed by atoms with van der Waals surface area (Å²) in [5.41, 5.74) is 10.1. The molecule has 0 bridgehead atoms. The Morgan fingerprint density at radius 3 is 2.57 bits per heavy atom. The van der Waals surface area contributed by atoms with Crippen LogP contribution in [0.25, 0.3) is 22.3 Å². The van der Waals surface area contributed by atoms with Gasteiger partial charge in [-0.05, 0) is 72.2 Å². The maximum Gasteiger partial charge on any atom is 0.274 e. The number of nitrogens with zero attached hydrogens (tertiary/aromatic N) is 2. The van der Waals surface area contributed by atoms with Crippen molar-refractivity contribution in [2.24, 2.45) is 0 Å². The van der Waals surface area contributed by atoms with Crippen molar-refractivity contribution in [3.63, 3.8) is 0 Å². The summed E-state index contributed by atoms with van der Waals surface area (Å²) in [5, 5.41) is 19.5. The van der Waals surface area contributed by atoms with Crippen molar-refractivity contribution >= 4 is 29.1 Å². The fraction of sp³-hybridized carbons (Fsp3) is 0.324. The molecule has 2 amide bonds. The number of carbonyl (C=O) groups excluding carboxylic acids is 2. The molecule has 238 valence electrons. The third-order valence-corrected chi connectivity index (χ3v) is 9.48. The highest BCUT2D eigenvalue weighted by atomic mass is 35.5. The van der Waals surface area contributed by atoms with Crippen molar-refractivity contribution in [2.75, 3.05) is 31.6 Å². The minimum absolute atomic E-state index is 0.102. The number of rotatable bonds is 10. The number of hydrogen-bond donors (Lipinski definition) is 4. The van der Waals surface area contributed by atoms with E-state index in [0.717, 1.165) is 77.1 Å². The first-order valence-electron chi connectivity index (χ1n) is 15.9. The second-order valence-corrected chi connectivity index (χ2v) is 12.6. The molecule has 2 aliphatic heterocycles. The number of aliphatic hydroxyl groups is 1. The maximum absolute atomic E-state index is 13.5. The van der Waals surface area contributed by atoms with Crippen LogP contribution in [0.5, 0.6) is 0 Å². The van der Waals surface area contributed by atoms with E-state index in [0.29, 0.717) is 35.9 Å². The second-order valence-electron chi connectivity index (χ2n) is 12.2. The first-order chi connectivity index (χ1) is 22.3. The number of carbonyl (C=O) groups is 2. The molecule has 4 aromatic rings. The van der Waals surface area contributed by atoms with E-state index < -0.39 is 0 Å². The lowest BCUT2D eigenvalue weighted by atomic mass is 9.95. The molecule has 0 spiro atoms. The van der Waals surface area contributed by atoms with E-state index in [1.807, 2.05) is 56.3 Å². The van der Waals surface area contributed by atoms with Crippen molar-refractivity contribution in [3.05, 3.63) is 105 Å². The molecule has 0 radical (unpaired) electrons. The molecule has 46 heavy (non-hydrogen) atoms. The normalized spacial score (nSPS) is 16.3. The van der Waals surface area contributed by atoms with Crippen molar-refractivity contribution in [1.29, 1.82) is 0 Å². The third-order valence-electron chi connectivity index (χ3n) is 9.07. The van der Waals surface area contributed by atoms with Crippen LogP contribution in [0.4, 0.5) is 5.69 Å². The predicted molar refractivity (Wildman–Crippen MR) is 183 cm³/mol. The smallest absolute Gasteiger partial charge is 0.274 e. The standard InChI is InChI=1S/C37H40ClN5O3/c1-23-19-33(41-34-22-43(17-18-44)16-15-28(23)34)37(46)42-32-8-4-5-29(24(32)2)31-7-3-6-30(36(31)38)26-11-9-25(10-12-26)20-39-21-27-13-14-35(45)40-27/h3-12,19,27,39,44H,13-18,20-22H2,1-2H3,(H,40,45)(H,42,46). The van der Waals surface area contributed by atoms with Gasteiger partial charge in [0.1, 0.15) is 5.69 Å². The molecule has 1 unspecified atom stereocenters. The Labute approximate surface area is 275 Å². The summed E-state index contributed by atoms with van der Waals surface area (Å²) in [6.07, 6.45) is 2.35. The van der Waals surface area contributed by atoms with E-state index in [4.69, 9.17) is 16.6 Å². The van der Waals surface area contributed by atoms with Crippen LogP contribution in [-0.4, -0.2) is 59.1 Å². The zero-order valence-electron chi connectivity index (χ0n) is 26.3. The van der Waals surface area contributed by atoms with Crippen molar-refractivity contribution < 1.29 is 14.7 Å². The third kappa shape index (κ3) is 7.00. The number of anilines is 1. The van der Waals surface area contributed by atoms with E-state index in [1.54, 1.807) is 0 Å². The average molecular weight is 638 g/mol. The molecular formula is C37H40ClN5O3. The van der Waals surface area contributed by atoms with Gasteiger partial charge in [-0.3, -0.25) is 14.5 Å². The fourth-order valence-electron chi connectivity index (χ4n) is 6.48. The number of hydrogen-bond acceptors (Lipinski definition) is 6. The predicted octanol–water partition coefficient (Wildman–Crippen LogP) is 5.66. The van der Waals surface area contributed by atoms with Crippen molar-refractivity contribution in [2.45, 2.75) is 52.2 Å². The lowest BCUT2D eigenvalue weighted by Crippen LogP contribution is -2.35. The summed E-state index contributed by atoms with van der Waals surface area (Å²) in [6.45, 7) is 7.71. The van der Waals surface area contributed by atoms with E-state index in [9.17, 15) is 14.7 Å². The summed E-state index contributed by atoms with van der Waals surface area (Å²) >= 11 is 7.07. The molecule has 3 aromatic carbocycles. The zero-order chi connectivity index (χ0) is 32.2. The van der Waals surface area contributed by atoms with Gasteiger partial charge in [-0.2, -0.15) is 0 Å². The van der Waals surface area contributed by atoms with Crippen LogP contribution in [0.15, 0.2) is 66.7 Å². The molecule has 6 rings (SSSR count). The van der Waals surface area contributed by atoms with Crippen molar-refractivity contribution in [3.8, 4) is 22.3 Å². The minimum atomic E-state index is -0.257. The number of amides is 2. The first kappa shape index (κ1) is 31.9. The van der Waals surface area contributed by atoms with E-state index in [-0.39, 0.29) is 24.5 Å². The zero-order valence-corrected chi connectivity index (χ0v) is 27.1. The number of aryl methyl sites for hydroxylation is 1. The summed E-state index contributed by atoms with van der Waals surface area (Å²) in [6, 6.07) is 22.3. The van der Waals surface area contributed by atoms with Gasteiger partial charge in [-0.15, -0.1) is 0 Å². The molecule has 3 heterocycles. The highest BCUT2D eigenvalue weighted by Crippen LogP contribution is 2.39. The number of aromatic nitrogens is 1. The van der Waals surface area contributed by atoms with Crippen LogP contribution in [0.1, 0.15) is 51.3 Å². The Kier molecular flexibility index (Phi) is 9.80. The van der Waals surface area contributed by atoms with Gasteiger partial charge in [0.2, 0.25) is 5.91 Å². The lowest BCUT2D eigenvalue weighted by molar-refractivity contribution is -0.119. The fourth-order valence-corrected chi connectivity index (χ4v) is 6.82. The average Bonchev–Trinajstić information content (AvgIpc) is 3.47. The Balaban J connectivity index is 1.17. The molecular weight excluding hydrogens is 598 g/mol. The van der Waals surface area contributed by atoms with Crippen LogP contribution in [-0.2, 0) is 24.3 Å². The number of pyridine rings is 1. The molecule has 8 nitrogen and oxygen atoms in total. The SMILES string of the molecule is Cc1cc(C(=O)Nc2cccc(-c3cccc(-c4ccc(CNCC5CCC(=O)N5)cc4)c3Cl)c2C)nc2c1CCN(CCO)C2. The number of β-amino-alcohol motifs (C(OH)–C–C–N with tert-alkyl or cyclic N) is 1. The Hall–Kier alpha value is -4.08. The molecule has 1 saturated heterocycles. The highest BCUT2D eigenvalue weighted by Gasteiger charge is 2.23. The monoisotopic (exact) mass is 637 g/mol. The minimum Gasteiger partial charge on any atom is -0.395 e. The number of nitrogens with one attached hydrogen (secondary N) is 3. The van der Waals surface area contributed by atoms with Gasteiger partial charge in [0.25, 0.3) is 5.91 Å². The van der Waals surface area contributed by atoms with Gasteiger partial charge >= 0.3 is 0 Å². The van der Waals surface area contributed by atoms with Gasteiger partial charge < -0.3 is 21.1 Å².